The van der Waals surface area contributed by atoms with Crippen molar-refractivity contribution in [2.24, 2.45) is 0 Å². The van der Waals surface area contributed by atoms with Gasteiger partial charge in [0, 0.05) is 56.7 Å². The Bertz CT molecular complexity index is 638. The van der Waals surface area contributed by atoms with Crippen molar-refractivity contribution in [3.63, 3.8) is 0 Å². The first-order valence-corrected chi connectivity index (χ1v) is 9.36. The number of rotatable bonds is 7. The van der Waals surface area contributed by atoms with Crippen molar-refractivity contribution >= 4 is 11.6 Å². The van der Waals surface area contributed by atoms with Gasteiger partial charge in [0.15, 0.2) is 0 Å². The lowest BCUT2D eigenvalue weighted by molar-refractivity contribution is 0.507. The molecule has 5 heteroatoms. The minimum Gasteiger partial charge on any atom is -0.353 e. The van der Waals surface area contributed by atoms with E-state index in [1.807, 2.05) is 24.5 Å². The number of aromatic nitrogens is 2. The molecule has 25 heavy (non-hydrogen) atoms. The average Bonchev–Trinajstić information content (AvgIpc) is 2.68. The van der Waals surface area contributed by atoms with Crippen molar-refractivity contribution in [2.45, 2.75) is 39.3 Å². The summed E-state index contributed by atoms with van der Waals surface area (Å²) in [4.78, 5) is 13.9. The first-order valence-electron chi connectivity index (χ1n) is 9.36. The van der Waals surface area contributed by atoms with Crippen LogP contribution in [0.2, 0.25) is 0 Å². The predicted molar refractivity (Wildman–Crippen MR) is 104 cm³/mol. The predicted octanol–water partition coefficient (Wildman–Crippen LogP) is 3.08. The number of hydrogen-bond donors (Lipinski definition) is 1. The van der Waals surface area contributed by atoms with Gasteiger partial charge in [-0.1, -0.05) is 25.5 Å². The van der Waals surface area contributed by atoms with Crippen molar-refractivity contribution in [3.05, 3.63) is 48.3 Å². The summed E-state index contributed by atoms with van der Waals surface area (Å²) in [6, 6.07) is 10.9. The second-order valence-corrected chi connectivity index (χ2v) is 6.72. The van der Waals surface area contributed by atoms with E-state index >= 15 is 0 Å². The van der Waals surface area contributed by atoms with E-state index in [1.54, 1.807) is 0 Å². The molecule has 1 atom stereocenters. The maximum atomic E-state index is 4.68. The molecule has 1 N–H and O–H groups in total. The minimum absolute atomic E-state index is 0.541. The highest BCUT2D eigenvalue weighted by Gasteiger charge is 2.20. The van der Waals surface area contributed by atoms with E-state index in [0.717, 1.165) is 44.4 Å². The van der Waals surface area contributed by atoms with Gasteiger partial charge in [0.05, 0.1) is 0 Å². The first-order chi connectivity index (χ1) is 12.3. The highest BCUT2D eigenvalue weighted by Crippen LogP contribution is 2.21. The minimum atomic E-state index is 0.541. The topological polar surface area (TPSA) is 44.3 Å². The molecule has 1 aliphatic rings. The lowest BCUT2D eigenvalue weighted by atomic mass is 10.1. The molecule has 0 radical (unpaired) electrons. The summed E-state index contributed by atoms with van der Waals surface area (Å²) in [5, 5.41) is 3.63. The van der Waals surface area contributed by atoms with Crippen molar-refractivity contribution in [2.75, 3.05) is 36.0 Å². The lowest BCUT2D eigenvalue weighted by Crippen LogP contribution is -2.47. The van der Waals surface area contributed by atoms with Gasteiger partial charge in [0.25, 0.3) is 0 Å². The molecule has 1 fully saturated rings. The van der Waals surface area contributed by atoms with Crippen LogP contribution >= 0.6 is 0 Å². The summed E-state index contributed by atoms with van der Waals surface area (Å²) in [5.41, 5.74) is 1.29. The van der Waals surface area contributed by atoms with Crippen LogP contribution in [0.3, 0.4) is 0 Å². The molecule has 134 valence electrons. The van der Waals surface area contributed by atoms with Crippen LogP contribution in [-0.2, 0) is 6.54 Å². The molecule has 1 saturated heterocycles. The van der Waals surface area contributed by atoms with Crippen LogP contribution in [0.4, 0.5) is 11.6 Å². The normalized spacial score (nSPS) is 16.1. The zero-order valence-corrected chi connectivity index (χ0v) is 15.4. The van der Waals surface area contributed by atoms with E-state index in [1.165, 1.54) is 18.4 Å². The fraction of sp³-hybridized carbons (Fsp3) is 0.500. The van der Waals surface area contributed by atoms with Gasteiger partial charge in [-0.15, -0.1) is 0 Å². The van der Waals surface area contributed by atoms with Crippen LogP contribution in [0.25, 0.3) is 0 Å². The quantitative estimate of drug-likeness (QED) is 0.840. The number of piperazine rings is 1. The molecular formula is C20H29N5. The Morgan fingerprint density at radius 1 is 1.00 bits per heavy atom. The SMILES string of the molecule is CCC[C@@H](C)NCc1cccnc1N1CCN(c2ccccn2)CC1. The van der Waals surface area contributed by atoms with Gasteiger partial charge in [-0.3, -0.25) is 0 Å². The average molecular weight is 339 g/mol. The monoisotopic (exact) mass is 339 g/mol. The van der Waals surface area contributed by atoms with Crippen LogP contribution in [-0.4, -0.2) is 42.2 Å². The smallest absolute Gasteiger partial charge is 0.133 e. The van der Waals surface area contributed by atoms with Crippen LogP contribution < -0.4 is 15.1 Å². The molecule has 3 heterocycles. The van der Waals surface area contributed by atoms with E-state index in [9.17, 15) is 0 Å². The maximum Gasteiger partial charge on any atom is 0.133 e. The van der Waals surface area contributed by atoms with Gasteiger partial charge < -0.3 is 15.1 Å². The molecule has 0 aromatic carbocycles. The second kappa shape index (κ2) is 8.81. The lowest BCUT2D eigenvalue weighted by Gasteiger charge is -2.36. The van der Waals surface area contributed by atoms with E-state index in [-0.39, 0.29) is 0 Å². The number of hydrogen-bond acceptors (Lipinski definition) is 5. The van der Waals surface area contributed by atoms with Crippen molar-refractivity contribution < 1.29 is 0 Å². The summed E-state index contributed by atoms with van der Waals surface area (Å²) in [5.74, 6) is 2.19. The van der Waals surface area contributed by atoms with E-state index < -0.39 is 0 Å². The third kappa shape index (κ3) is 4.69. The van der Waals surface area contributed by atoms with Gasteiger partial charge in [-0.2, -0.15) is 0 Å². The van der Waals surface area contributed by atoms with E-state index in [4.69, 9.17) is 0 Å². The standard InChI is InChI=1S/C20H29N5/c1-3-7-17(2)23-16-18-8-6-11-22-20(18)25-14-12-24(13-15-25)19-9-4-5-10-21-19/h4-6,8-11,17,23H,3,7,12-16H2,1-2H3/t17-/m1/s1. The van der Waals surface area contributed by atoms with Gasteiger partial charge in [-0.25, -0.2) is 9.97 Å². The molecule has 0 bridgehead atoms. The third-order valence-corrected chi connectivity index (χ3v) is 4.78. The highest BCUT2D eigenvalue weighted by atomic mass is 15.3. The van der Waals surface area contributed by atoms with Gasteiger partial charge in [0.2, 0.25) is 0 Å². The molecule has 2 aromatic rings. The molecule has 3 rings (SSSR count). The molecule has 2 aromatic heterocycles. The van der Waals surface area contributed by atoms with Crippen LogP contribution in [0, 0.1) is 0 Å². The number of pyridine rings is 2. The highest BCUT2D eigenvalue weighted by molar-refractivity contribution is 5.49. The van der Waals surface area contributed by atoms with E-state index in [0.29, 0.717) is 6.04 Å². The molecule has 1 aliphatic heterocycles. The molecule has 0 saturated carbocycles. The van der Waals surface area contributed by atoms with Crippen molar-refractivity contribution in [1.29, 1.82) is 0 Å². The van der Waals surface area contributed by atoms with Gasteiger partial charge in [0.1, 0.15) is 11.6 Å². The zero-order valence-electron chi connectivity index (χ0n) is 15.4. The largest absolute Gasteiger partial charge is 0.353 e. The fourth-order valence-corrected chi connectivity index (χ4v) is 3.36. The van der Waals surface area contributed by atoms with Crippen LogP contribution in [0.15, 0.2) is 42.7 Å². The van der Waals surface area contributed by atoms with Crippen molar-refractivity contribution in [3.8, 4) is 0 Å². The molecule has 0 unspecified atom stereocenters. The Labute approximate surface area is 151 Å². The van der Waals surface area contributed by atoms with Crippen molar-refractivity contribution in [1.82, 2.24) is 15.3 Å². The first kappa shape index (κ1) is 17.7. The Hall–Kier alpha value is -2.14. The number of nitrogens with zero attached hydrogens (tertiary/aromatic N) is 4. The summed E-state index contributed by atoms with van der Waals surface area (Å²) in [7, 11) is 0. The van der Waals surface area contributed by atoms with E-state index in [2.05, 4.69) is 57.1 Å². The fourth-order valence-electron chi connectivity index (χ4n) is 3.36. The second-order valence-electron chi connectivity index (χ2n) is 6.72. The molecule has 0 aliphatic carbocycles. The van der Waals surface area contributed by atoms with Gasteiger partial charge in [-0.05, 0) is 31.5 Å². The Kier molecular flexibility index (Phi) is 6.23. The molecule has 0 spiro atoms. The van der Waals surface area contributed by atoms with Gasteiger partial charge >= 0.3 is 0 Å². The summed E-state index contributed by atoms with van der Waals surface area (Å²) < 4.78 is 0. The number of anilines is 2. The Morgan fingerprint density at radius 3 is 2.48 bits per heavy atom. The van der Waals surface area contributed by atoms with Crippen LogP contribution in [0.5, 0.6) is 0 Å². The van der Waals surface area contributed by atoms with Crippen LogP contribution in [0.1, 0.15) is 32.3 Å². The summed E-state index contributed by atoms with van der Waals surface area (Å²) >= 11 is 0. The number of nitrogens with one attached hydrogen (secondary N) is 1. The molecular weight excluding hydrogens is 310 g/mol. The summed E-state index contributed by atoms with van der Waals surface area (Å²) in [6.45, 7) is 9.28. The Balaban J connectivity index is 1.61. The third-order valence-electron chi connectivity index (χ3n) is 4.78. The molecule has 0 amide bonds. The maximum absolute atomic E-state index is 4.68. The Morgan fingerprint density at radius 2 is 1.76 bits per heavy atom. The zero-order chi connectivity index (χ0) is 17.5. The molecule has 5 nitrogen and oxygen atoms in total. The summed E-state index contributed by atoms with van der Waals surface area (Å²) in [6.07, 6.45) is 6.18.